The summed E-state index contributed by atoms with van der Waals surface area (Å²) in [5.74, 6) is 0.458. The van der Waals surface area contributed by atoms with Gasteiger partial charge >= 0.3 is 5.97 Å². The fourth-order valence-electron chi connectivity index (χ4n) is 2.61. The fraction of sp³-hybridized carbons (Fsp3) is 0.474. The first-order valence-corrected chi connectivity index (χ1v) is 8.75. The van der Waals surface area contributed by atoms with Gasteiger partial charge in [0.05, 0.1) is 18.2 Å². The number of hydrogen-bond donors (Lipinski definition) is 2. The van der Waals surface area contributed by atoms with Crippen molar-refractivity contribution >= 4 is 23.3 Å². The molecule has 0 saturated heterocycles. The number of hydrogen-bond acceptors (Lipinski definition) is 3. The van der Waals surface area contributed by atoms with E-state index in [2.05, 4.69) is 36.6 Å². The highest BCUT2D eigenvalue weighted by Crippen LogP contribution is 2.29. The van der Waals surface area contributed by atoms with Gasteiger partial charge in [0.1, 0.15) is 0 Å². The van der Waals surface area contributed by atoms with Gasteiger partial charge in [-0.25, -0.2) is 4.79 Å². The van der Waals surface area contributed by atoms with Crippen LogP contribution in [0.15, 0.2) is 35.5 Å². The Hall–Kier alpha value is -1.88. The van der Waals surface area contributed by atoms with Gasteiger partial charge in [-0.1, -0.05) is 52.0 Å². The van der Waals surface area contributed by atoms with Gasteiger partial charge in [0.2, 0.25) is 0 Å². The van der Waals surface area contributed by atoms with Crippen LogP contribution in [0.3, 0.4) is 0 Å². The van der Waals surface area contributed by atoms with E-state index in [4.69, 9.17) is 17.0 Å². The topological polar surface area (TPSA) is 50.4 Å². The molecule has 0 spiro atoms. The molecule has 1 atom stereocenters. The van der Waals surface area contributed by atoms with Gasteiger partial charge < -0.3 is 15.4 Å². The maximum Gasteiger partial charge on any atom is 0.338 e. The van der Waals surface area contributed by atoms with E-state index in [0.717, 1.165) is 11.3 Å². The normalized spacial score (nSPS) is 17.8. The molecular weight excluding hydrogens is 320 g/mol. The Labute approximate surface area is 149 Å². The van der Waals surface area contributed by atoms with Crippen molar-refractivity contribution in [1.82, 2.24) is 10.6 Å². The second kappa shape index (κ2) is 7.79. The maximum atomic E-state index is 12.6. The van der Waals surface area contributed by atoms with Crippen molar-refractivity contribution in [3.8, 4) is 0 Å². The van der Waals surface area contributed by atoms with Crippen LogP contribution >= 0.6 is 12.2 Å². The second-order valence-corrected chi connectivity index (χ2v) is 7.29. The molecule has 0 aliphatic carbocycles. The minimum absolute atomic E-state index is 0.292. The van der Waals surface area contributed by atoms with Gasteiger partial charge in [0.25, 0.3) is 0 Å². The molecule has 4 nitrogen and oxygen atoms in total. The Morgan fingerprint density at radius 3 is 2.38 bits per heavy atom. The number of esters is 1. The highest BCUT2D eigenvalue weighted by atomic mass is 32.1. The first-order valence-electron chi connectivity index (χ1n) is 8.34. The SMILES string of the molecule is CC1=C(C(=O)OCC(C)C)[C@@H](c2ccc(C(C)C)cc2)NC(=S)N1. The standard InChI is InChI=1S/C19H26N2O2S/c1-11(2)10-23-18(22)16-13(5)20-19(24)21-17(16)15-8-6-14(7-9-15)12(3)4/h6-9,11-12,17H,10H2,1-5H3,(H2,20,21,24)/t17-/m1/s1. The van der Waals surface area contributed by atoms with E-state index in [1.807, 2.05) is 32.9 Å². The van der Waals surface area contributed by atoms with Gasteiger partial charge in [0.15, 0.2) is 5.11 Å². The molecule has 2 rings (SSSR count). The van der Waals surface area contributed by atoms with Crippen LogP contribution < -0.4 is 10.6 Å². The number of carbonyl (C=O) groups excluding carboxylic acids is 1. The number of carbonyl (C=O) groups is 1. The summed E-state index contributed by atoms with van der Waals surface area (Å²) in [6.45, 7) is 10.6. The number of nitrogens with one attached hydrogen (secondary N) is 2. The monoisotopic (exact) mass is 346 g/mol. The van der Waals surface area contributed by atoms with Gasteiger partial charge in [-0.3, -0.25) is 0 Å². The summed E-state index contributed by atoms with van der Waals surface area (Å²) in [6, 6.07) is 7.99. The molecule has 0 amide bonds. The number of thiocarbonyl (C=S) groups is 1. The van der Waals surface area contributed by atoms with Crippen molar-refractivity contribution in [2.45, 2.75) is 46.6 Å². The summed E-state index contributed by atoms with van der Waals surface area (Å²) in [5.41, 5.74) is 3.59. The van der Waals surface area contributed by atoms with E-state index in [9.17, 15) is 4.79 Å². The summed E-state index contributed by atoms with van der Waals surface area (Å²) in [4.78, 5) is 12.6. The summed E-state index contributed by atoms with van der Waals surface area (Å²) in [7, 11) is 0. The lowest BCUT2D eigenvalue weighted by Gasteiger charge is -2.30. The Bertz CT molecular complexity index is 648. The van der Waals surface area contributed by atoms with E-state index in [0.29, 0.717) is 29.1 Å². The summed E-state index contributed by atoms with van der Waals surface area (Å²) in [6.07, 6.45) is 0. The van der Waals surface area contributed by atoms with Crippen LogP contribution in [0.25, 0.3) is 0 Å². The van der Waals surface area contributed by atoms with Crippen molar-refractivity contribution < 1.29 is 9.53 Å². The van der Waals surface area contributed by atoms with Crippen LogP contribution in [0.4, 0.5) is 0 Å². The lowest BCUT2D eigenvalue weighted by atomic mass is 9.93. The lowest BCUT2D eigenvalue weighted by Crippen LogP contribution is -2.45. The van der Waals surface area contributed by atoms with E-state index >= 15 is 0 Å². The third-order valence-electron chi connectivity index (χ3n) is 3.97. The summed E-state index contributed by atoms with van der Waals surface area (Å²) < 4.78 is 5.44. The Kier molecular flexibility index (Phi) is 5.99. The Morgan fingerprint density at radius 1 is 1.21 bits per heavy atom. The molecule has 1 aromatic rings. The molecule has 0 fully saturated rings. The fourth-order valence-corrected chi connectivity index (χ4v) is 2.88. The van der Waals surface area contributed by atoms with Crippen molar-refractivity contribution in [3.63, 3.8) is 0 Å². The molecule has 1 heterocycles. The van der Waals surface area contributed by atoms with E-state index in [1.54, 1.807) is 0 Å². The molecule has 5 heteroatoms. The van der Waals surface area contributed by atoms with Gasteiger partial charge in [-0.2, -0.15) is 0 Å². The Balaban J connectivity index is 2.32. The smallest absolute Gasteiger partial charge is 0.338 e. The third-order valence-corrected chi connectivity index (χ3v) is 4.19. The van der Waals surface area contributed by atoms with Crippen molar-refractivity contribution in [2.75, 3.05) is 6.61 Å². The highest BCUT2D eigenvalue weighted by Gasteiger charge is 2.31. The van der Waals surface area contributed by atoms with Crippen LogP contribution in [-0.4, -0.2) is 17.7 Å². The summed E-state index contributed by atoms with van der Waals surface area (Å²) >= 11 is 5.26. The molecule has 1 aromatic carbocycles. The quantitative estimate of drug-likeness (QED) is 0.627. The minimum atomic E-state index is -0.304. The average molecular weight is 346 g/mol. The van der Waals surface area contributed by atoms with Crippen LogP contribution in [0.2, 0.25) is 0 Å². The predicted molar refractivity (Wildman–Crippen MR) is 101 cm³/mol. The molecule has 0 radical (unpaired) electrons. The molecule has 130 valence electrons. The average Bonchev–Trinajstić information content (AvgIpc) is 2.52. The van der Waals surface area contributed by atoms with Crippen molar-refractivity contribution in [3.05, 3.63) is 46.7 Å². The highest BCUT2D eigenvalue weighted by molar-refractivity contribution is 7.80. The van der Waals surface area contributed by atoms with Crippen LogP contribution in [0.1, 0.15) is 57.7 Å². The second-order valence-electron chi connectivity index (χ2n) is 6.88. The maximum absolute atomic E-state index is 12.6. The molecule has 0 bridgehead atoms. The molecular formula is C19H26N2O2S. The van der Waals surface area contributed by atoms with E-state index in [1.165, 1.54) is 5.56 Å². The first-order chi connectivity index (χ1) is 11.3. The number of benzene rings is 1. The minimum Gasteiger partial charge on any atom is -0.462 e. The van der Waals surface area contributed by atoms with Crippen LogP contribution in [0, 0.1) is 5.92 Å². The number of rotatable bonds is 5. The molecule has 1 aliphatic rings. The van der Waals surface area contributed by atoms with Gasteiger partial charge in [-0.15, -0.1) is 0 Å². The molecule has 0 saturated carbocycles. The zero-order valence-corrected chi connectivity index (χ0v) is 15.8. The van der Waals surface area contributed by atoms with Crippen LogP contribution in [-0.2, 0) is 9.53 Å². The van der Waals surface area contributed by atoms with Gasteiger partial charge in [-0.05, 0) is 42.1 Å². The molecule has 0 unspecified atom stereocenters. The first kappa shape index (κ1) is 18.5. The number of allylic oxidation sites excluding steroid dienone is 1. The van der Waals surface area contributed by atoms with Crippen molar-refractivity contribution in [2.24, 2.45) is 5.92 Å². The van der Waals surface area contributed by atoms with Crippen LogP contribution in [0.5, 0.6) is 0 Å². The molecule has 0 aromatic heterocycles. The third kappa shape index (κ3) is 4.35. The largest absolute Gasteiger partial charge is 0.462 e. The zero-order valence-electron chi connectivity index (χ0n) is 15.0. The van der Waals surface area contributed by atoms with Crippen molar-refractivity contribution in [1.29, 1.82) is 0 Å². The molecule has 2 N–H and O–H groups in total. The Morgan fingerprint density at radius 2 is 1.83 bits per heavy atom. The predicted octanol–water partition coefficient (Wildman–Crippen LogP) is 3.80. The van der Waals surface area contributed by atoms with E-state index < -0.39 is 0 Å². The molecule has 24 heavy (non-hydrogen) atoms. The molecule has 1 aliphatic heterocycles. The summed E-state index contributed by atoms with van der Waals surface area (Å²) in [5, 5.41) is 6.74. The lowest BCUT2D eigenvalue weighted by molar-refractivity contribution is -0.140. The number of ether oxygens (including phenoxy) is 1. The zero-order chi connectivity index (χ0) is 17.9. The van der Waals surface area contributed by atoms with Gasteiger partial charge in [0, 0.05) is 5.70 Å². The van der Waals surface area contributed by atoms with E-state index in [-0.39, 0.29) is 12.0 Å².